The number of piperidine rings is 1. The van der Waals surface area contributed by atoms with Crippen LogP contribution >= 0.6 is 0 Å². The van der Waals surface area contributed by atoms with Gasteiger partial charge in [0.2, 0.25) is 5.79 Å². The van der Waals surface area contributed by atoms with Crippen molar-refractivity contribution in [2.24, 2.45) is 35.5 Å². The first-order valence-corrected chi connectivity index (χ1v) is 21.6. The minimum absolute atomic E-state index is 0.0517. The van der Waals surface area contributed by atoms with E-state index in [0.717, 1.165) is 18.4 Å². The lowest BCUT2D eigenvalue weighted by molar-refractivity contribution is -0.346. The SMILES string of the molecule is CCC[C@@H]1/C=C(\C)C[C@H](C)C[C@H](OC)[C@H]2O[C@@](O)(C(O)C(=O)N3CCCC[C@H]3C(=O)O[C@H](C(C)C[C@@H]3CC[C@@H](O)[C@H](OC)C3)[C@H](C)[C@@H](O)/C=C/1O)[C@H](C)C[C@@H]2OC. The Labute approximate surface area is 341 Å². The van der Waals surface area contributed by atoms with Crippen LogP contribution in [0.1, 0.15) is 119 Å². The molecule has 328 valence electrons. The highest BCUT2D eigenvalue weighted by Gasteiger charge is 2.56. The largest absolute Gasteiger partial charge is 0.512 e. The molecule has 13 heteroatoms. The monoisotopic (exact) mass is 810 g/mol. The first-order valence-electron chi connectivity index (χ1n) is 21.6. The predicted molar refractivity (Wildman–Crippen MR) is 215 cm³/mol. The number of aliphatic hydroxyl groups excluding tert-OH is 4. The molecule has 2 saturated heterocycles. The number of nitrogens with zero attached hydrogens (tertiary/aromatic N) is 1. The van der Waals surface area contributed by atoms with Gasteiger partial charge in [-0.25, -0.2) is 4.79 Å². The Bertz CT molecular complexity index is 1360. The molecule has 1 amide bonds. The molecule has 1 aliphatic carbocycles. The molecule has 13 nitrogen and oxygen atoms in total. The van der Waals surface area contributed by atoms with Crippen molar-refractivity contribution in [3.05, 3.63) is 23.5 Å². The van der Waals surface area contributed by atoms with Gasteiger partial charge in [0.05, 0.1) is 36.3 Å². The fourth-order valence-corrected chi connectivity index (χ4v) is 10.1. The zero-order valence-electron chi connectivity index (χ0n) is 36.0. The lowest BCUT2D eigenvalue weighted by Gasteiger charge is -2.49. The molecule has 0 spiro atoms. The Morgan fingerprint density at radius 1 is 0.930 bits per heavy atom. The fourth-order valence-electron chi connectivity index (χ4n) is 10.1. The summed E-state index contributed by atoms with van der Waals surface area (Å²) in [4.78, 5) is 30.0. The number of ether oxygens (including phenoxy) is 5. The average Bonchev–Trinajstić information content (AvgIpc) is 3.18. The zero-order valence-corrected chi connectivity index (χ0v) is 36.0. The summed E-state index contributed by atoms with van der Waals surface area (Å²) >= 11 is 0. The average molecular weight is 810 g/mol. The van der Waals surface area contributed by atoms with Crippen molar-refractivity contribution in [3.63, 3.8) is 0 Å². The van der Waals surface area contributed by atoms with Gasteiger partial charge in [-0.1, -0.05) is 52.7 Å². The Hall–Kier alpha value is -2.10. The second-order valence-electron chi connectivity index (χ2n) is 18.0. The highest BCUT2D eigenvalue weighted by Crippen LogP contribution is 2.41. The number of allylic oxidation sites excluding steroid dienone is 2. The molecule has 2 bridgehead atoms. The lowest BCUT2D eigenvalue weighted by atomic mass is 9.77. The van der Waals surface area contributed by atoms with Gasteiger partial charge >= 0.3 is 5.97 Å². The van der Waals surface area contributed by atoms with Gasteiger partial charge in [0.25, 0.3) is 5.91 Å². The minimum atomic E-state index is -2.29. The number of methoxy groups -OCH3 is 3. The molecule has 0 radical (unpaired) electrons. The van der Waals surface area contributed by atoms with Crippen LogP contribution in [0.4, 0.5) is 0 Å². The molecule has 1 saturated carbocycles. The normalized spacial score (nSPS) is 43.4. The second kappa shape index (κ2) is 21.4. The summed E-state index contributed by atoms with van der Waals surface area (Å²) in [5.74, 6) is -5.42. The minimum Gasteiger partial charge on any atom is -0.512 e. The number of carbonyl (C=O) groups is 2. The van der Waals surface area contributed by atoms with Crippen LogP contribution in [0.3, 0.4) is 0 Å². The quantitative estimate of drug-likeness (QED) is 0.160. The maximum atomic E-state index is 14.4. The summed E-state index contributed by atoms with van der Waals surface area (Å²) < 4.78 is 30.1. The number of hydrogen-bond acceptors (Lipinski definition) is 12. The number of hydrogen-bond donors (Lipinski definition) is 5. The molecule has 4 rings (SSSR count). The van der Waals surface area contributed by atoms with E-state index in [4.69, 9.17) is 23.7 Å². The van der Waals surface area contributed by atoms with Gasteiger partial charge in [-0.2, -0.15) is 0 Å². The summed E-state index contributed by atoms with van der Waals surface area (Å²) in [6.07, 6.45) is 3.96. The molecular weight excluding hydrogens is 734 g/mol. The van der Waals surface area contributed by atoms with Gasteiger partial charge in [0, 0.05) is 45.6 Å². The van der Waals surface area contributed by atoms with E-state index in [2.05, 4.69) is 6.92 Å². The Morgan fingerprint density at radius 3 is 2.25 bits per heavy atom. The maximum Gasteiger partial charge on any atom is 0.329 e. The van der Waals surface area contributed by atoms with E-state index in [1.807, 2.05) is 26.8 Å². The van der Waals surface area contributed by atoms with Gasteiger partial charge in [0.15, 0.2) is 6.10 Å². The van der Waals surface area contributed by atoms with E-state index >= 15 is 0 Å². The Morgan fingerprint density at radius 2 is 1.60 bits per heavy atom. The van der Waals surface area contributed by atoms with E-state index in [9.17, 15) is 35.1 Å². The van der Waals surface area contributed by atoms with Crippen LogP contribution in [-0.2, 0) is 33.3 Å². The molecular formula is C44H75NO12. The van der Waals surface area contributed by atoms with Crippen LogP contribution in [0.15, 0.2) is 23.5 Å². The number of fused-ring (bicyclic) bond motifs is 3. The Kier molecular flexibility index (Phi) is 17.9. The summed E-state index contributed by atoms with van der Waals surface area (Å²) in [6.45, 7) is 11.8. The van der Waals surface area contributed by atoms with Crippen molar-refractivity contribution in [1.29, 1.82) is 0 Å². The van der Waals surface area contributed by atoms with Crippen LogP contribution in [0.5, 0.6) is 0 Å². The lowest BCUT2D eigenvalue weighted by Crippen LogP contribution is -2.66. The molecule has 2 unspecified atom stereocenters. The highest BCUT2D eigenvalue weighted by atomic mass is 16.7. The van der Waals surface area contributed by atoms with Gasteiger partial charge < -0.3 is 54.1 Å². The molecule has 3 heterocycles. The van der Waals surface area contributed by atoms with Crippen molar-refractivity contribution in [1.82, 2.24) is 4.90 Å². The van der Waals surface area contributed by atoms with Gasteiger partial charge in [-0.05, 0) is 101 Å². The molecule has 0 aromatic carbocycles. The molecule has 0 aromatic heterocycles. The van der Waals surface area contributed by atoms with Crippen LogP contribution in [0.2, 0.25) is 0 Å². The number of aliphatic hydroxyl groups is 5. The topological polar surface area (TPSA) is 185 Å². The third kappa shape index (κ3) is 11.6. The molecule has 57 heavy (non-hydrogen) atoms. The predicted octanol–water partition coefficient (Wildman–Crippen LogP) is 5.22. The summed E-state index contributed by atoms with van der Waals surface area (Å²) in [5.41, 5.74) is 1.05. The number of rotatable bonds is 8. The van der Waals surface area contributed by atoms with E-state index in [-0.39, 0.29) is 48.5 Å². The number of esters is 1. The van der Waals surface area contributed by atoms with Crippen molar-refractivity contribution < 1.29 is 58.8 Å². The van der Waals surface area contributed by atoms with Crippen molar-refractivity contribution in [2.45, 2.75) is 179 Å². The van der Waals surface area contributed by atoms with Gasteiger partial charge in [-0.15, -0.1) is 0 Å². The molecule has 4 aliphatic rings. The first kappa shape index (κ1) is 47.6. The third-order valence-electron chi connectivity index (χ3n) is 13.5. The van der Waals surface area contributed by atoms with Gasteiger partial charge in [-0.3, -0.25) is 4.79 Å². The fraction of sp³-hybridized carbons (Fsp3) is 0.864. The summed E-state index contributed by atoms with van der Waals surface area (Å²) in [6, 6.07) is -1.04. The van der Waals surface area contributed by atoms with E-state index in [0.29, 0.717) is 57.8 Å². The van der Waals surface area contributed by atoms with Crippen LogP contribution < -0.4 is 0 Å². The van der Waals surface area contributed by atoms with E-state index < -0.39 is 78.3 Å². The Balaban J connectivity index is 1.76. The van der Waals surface area contributed by atoms with Crippen molar-refractivity contribution in [3.8, 4) is 0 Å². The van der Waals surface area contributed by atoms with Gasteiger partial charge in [0.1, 0.15) is 18.2 Å². The molecule has 5 N–H and O–H groups in total. The van der Waals surface area contributed by atoms with Crippen molar-refractivity contribution >= 4 is 11.9 Å². The standard InChI is InChI=1S/C44H75NO12/c1-10-13-31-19-25(2)18-26(3)20-37(54-8)40-38(55-9)22-28(5)44(52,57-40)41(49)42(50)45-17-12-11-14-32(45)43(51)56-39(29(6)34(47)24-35(31)48)27(4)21-30-15-16-33(46)36(23-30)53-7/h19,24,26-34,36-41,46-49,52H,10-18,20-23H2,1-9H3/b25-19+,35-24-/t26-,27?,28+,29+,30-,31+,32-,33+,34-,36+,37-,38-,39+,40+,41?,44+/m0/s1. The third-order valence-corrected chi connectivity index (χ3v) is 13.5. The molecule has 16 atom stereocenters. The summed E-state index contributed by atoms with van der Waals surface area (Å²) in [7, 11) is 4.72. The van der Waals surface area contributed by atoms with Crippen LogP contribution in [0, 0.1) is 35.5 Å². The smallest absolute Gasteiger partial charge is 0.329 e. The zero-order chi connectivity index (χ0) is 42.2. The van der Waals surface area contributed by atoms with Crippen LogP contribution in [0.25, 0.3) is 0 Å². The number of amides is 1. The first-order chi connectivity index (χ1) is 27.0. The molecule has 3 fully saturated rings. The second-order valence-corrected chi connectivity index (χ2v) is 18.0. The summed E-state index contributed by atoms with van der Waals surface area (Å²) in [5, 5.41) is 57.7. The number of carbonyl (C=O) groups excluding carboxylic acids is 2. The van der Waals surface area contributed by atoms with Crippen molar-refractivity contribution in [2.75, 3.05) is 27.9 Å². The maximum absolute atomic E-state index is 14.4. The molecule has 3 aliphatic heterocycles. The van der Waals surface area contributed by atoms with E-state index in [1.54, 1.807) is 35.2 Å². The van der Waals surface area contributed by atoms with Crippen LogP contribution in [-0.4, -0.2) is 131 Å². The highest BCUT2D eigenvalue weighted by molar-refractivity contribution is 5.88. The molecule has 0 aromatic rings. The van der Waals surface area contributed by atoms with E-state index in [1.165, 1.54) is 11.0 Å². The number of cyclic esters (lactones) is 1.